The summed E-state index contributed by atoms with van der Waals surface area (Å²) < 4.78 is 0. The Kier molecular flexibility index (Phi) is 3.58. The van der Waals surface area contributed by atoms with E-state index >= 15 is 0 Å². The summed E-state index contributed by atoms with van der Waals surface area (Å²) in [4.78, 5) is 4.01. The molecular formula is C16H20N2S. The Morgan fingerprint density at radius 3 is 2.79 bits per heavy atom. The summed E-state index contributed by atoms with van der Waals surface area (Å²) in [6, 6.07) is 11.4. The molecule has 1 aliphatic rings. The number of anilines is 1. The third-order valence-corrected chi connectivity index (χ3v) is 4.54. The van der Waals surface area contributed by atoms with Gasteiger partial charge >= 0.3 is 0 Å². The van der Waals surface area contributed by atoms with Gasteiger partial charge < -0.3 is 5.73 Å². The molecule has 0 aliphatic heterocycles. The van der Waals surface area contributed by atoms with Crippen LogP contribution in [0.1, 0.15) is 28.8 Å². The topological polar surface area (TPSA) is 29.3 Å². The minimum Gasteiger partial charge on any atom is -0.398 e. The number of aryl methyl sites for hydroxylation is 1. The highest BCUT2D eigenvalue weighted by molar-refractivity contribution is 7.09. The number of benzene rings is 1. The molecule has 100 valence electrons. The molecule has 1 saturated carbocycles. The van der Waals surface area contributed by atoms with E-state index in [-0.39, 0.29) is 0 Å². The van der Waals surface area contributed by atoms with Crippen LogP contribution in [-0.2, 0) is 13.1 Å². The quantitative estimate of drug-likeness (QED) is 0.839. The van der Waals surface area contributed by atoms with Gasteiger partial charge in [0.2, 0.25) is 0 Å². The van der Waals surface area contributed by atoms with Gasteiger partial charge in [-0.3, -0.25) is 4.90 Å². The summed E-state index contributed by atoms with van der Waals surface area (Å²) in [5.41, 5.74) is 9.58. The monoisotopic (exact) mass is 272 g/mol. The zero-order valence-electron chi connectivity index (χ0n) is 11.3. The predicted molar refractivity (Wildman–Crippen MR) is 82.2 cm³/mol. The molecule has 0 bridgehead atoms. The maximum Gasteiger partial charge on any atom is 0.0359 e. The number of hydrogen-bond donors (Lipinski definition) is 1. The molecule has 2 N–H and O–H groups in total. The van der Waals surface area contributed by atoms with Crippen LogP contribution >= 0.6 is 11.3 Å². The van der Waals surface area contributed by atoms with Gasteiger partial charge in [0.05, 0.1) is 0 Å². The highest BCUT2D eigenvalue weighted by atomic mass is 32.1. The largest absolute Gasteiger partial charge is 0.398 e. The second kappa shape index (κ2) is 5.35. The number of nitrogen functional groups attached to an aromatic ring is 1. The maximum atomic E-state index is 6.11. The molecule has 0 atom stereocenters. The molecule has 1 aliphatic carbocycles. The zero-order chi connectivity index (χ0) is 13.2. The normalized spacial score (nSPS) is 15.1. The average Bonchev–Trinajstić information content (AvgIpc) is 3.12. The molecular weight excluding hydrogens is 252 g/mol. The van der Waals surface area contributed by atoms with Crippen molar-refractivity contribution in [3.63, 3.8) is 0 Å². The lowest BCUT2D eigenvalue weighted by Crippen LogP contribution is -2.25. The Bertz CT molecular complexity index is 544. The van der Waals surface area contributed by atoms with Crippen molar-refractivity contribution in [3.05, 3.63) is 51.7 Å². The van der Waals surface area contributed by atoms with Gasteiger partial charge in [-0.05, 0) is 42.8 Å². The number of thiophene rings is 1. The first kappa shape index (κ1) is 12.7. The highest BCUT2D eigenvalue weighted by Gasteiger charge is 2.29. The Balaban J connectivity index is 1.76. The summed E-state index contributed by atoms with van der Waals surface area (Å²) >= 11 is 1.84. The van der Waals surface area contributed by atoms with Crippen LogP contribution in [0, 0.1) is 6.92 Å². The summed E-state index contributed by atoms with van der Waals surface area (Å²) in [6.07, 6.45) is 2.66. The lowest BCUT2D eigenvalue weighted by molar-refractivity contribution is 0.248. The van der Waals surface area contributed by atoms with Gasteiger partial charge in [-0.2, -0.15) is 0 Å². The summed E-state index contributed by atoms with van der Waals surface area (Å²) in [7, 11) is 0. The number of nitrogens with two attached hydrogens (primary N) is 1. The van der Waals surface area contributed by atoms with Gasteiger partial charge in [0, 0.05) is 29.7 Å². The molecule has 19 heavy (non-hydrogen) atoms. The van der Waals surface area contributed by atoms with Crippen LogP contribution in [0.3, 0.4) is 0 Å². The van der Waals surface area contributed by atoms with Gasteiger partial charge in [-0.25, -0.2) is 0 Å². The number of rotatable bonds is 5. The molecule has 0 saturated heterocycles. The van der Waals surface area contributed by atoms with E-state index in [0.717, 1.165) is 24.8 Å². The third-order valence-electron chi connectivity index (χ3n) is 3.67. The van der Waals surface area contributed by atoms with Gasteiger partial charge in [0.25, 0.3) is 0 Å². The van der Waals surface area contributed by atoms with Crippen molar-refractivity contribution in [3.8, 4) is 0 Å². The maximum absolute atomic E-state index is 6.11. The first-order valence-electron chi connectivity index (χ1n) is 6.84. The van der Waals surface area contributed by atoms with Gasteiger partial charge in [-0.15, -0.1) is 11.3 Å². The van der Waals surface area contributed by atoms with E-state index in [9.17, 15) is 0 Å². The van der Waals surface area contributed by atoms with Gasteiger partial charge in [0.1, 0.15) is 0 Å². The van der Waals surface area contributed by atoms with E-state index in [1.807, 2.05) is 17.4 Å². The first-order valence-corrected chi connectivity index (χ1v) is 7.72. The van der Waals surface area contributed by atoms with Crippen molar-refractivity contribution in [2.45, 2.75) is 38.9 Å². The molecule has 3 rings (SSSR count). The van der Waals surface area contributed by atoms with Gasteiger partial charge in [-0.1, -0.05) is 23.8 Å². The number of nitrogens with zero attached hydrogens (tertiary/aromatic N) is 1. The average molecular weight is 272 g/mol. The van der Waals surface area contributed by atoms with Crippen LogP contribution in [0.4, 0.5) is 5.69 Å². The SMILES string of the molecule is Cc1ccc(N)c(CN(Cc2cccs2)C2CC2)c1. The number of hydrogen-bond acceptors (Lipinski definition) is 3. The zero-order valence-corrected chi connectivity index (χ0v) is 12.1. The van der Waals surface area contributed by atoms with Crippen LogP contribution in [-0.4, -0.2) is 10.9 Å². The van der Waals surface area contributed by atoms with E-state index in [2.05, 4.69) is 41.5 Å². The Hall–Kier alpha value is -1.32. The fourth-order valence-electron chi connectivity index (χ4n) is 2.45. The molecule has 0 unspecified atom stereocenters. The lowest BCUT2D eigenvalue weighted by atomic mass is 10.1. The van der Waals surface area contributed by atoms with Crippen molar-refractivity contribution in [2.24, 2.45) is 0 Å². The molecule has 0 amide bonds. The molecule has 2 aromatic rings. The molecule has 1 fully saturated rings. The molecule has 0 radical (unpaired) electrons. The standard InChI is InChI=1S/C16H20N2S/c1-12-4-7-16(17)13(9-12)10-18(14-5-6-14)11-15-3-2-8-19-15/h2-4,7-9,14H,5-6,10-11,17H2,1H3. The molecule has 1 heterocycles. The predicted octanol–water partition coefficient (Wildman–Crippen LogP) is 3.80. The van der Waals surface area contributed by atoms with Crippen LogP contribution < -0.4 is 5.73 Å². The molecule has 1 aromatic heterocycles. The van der Waals surface area contributed by atoms with Crippen LogP contribution in [0.25, 0.3) is 0 Å². The van der Waals surface area contributed by atoms with Crippen LogP contribution in [0.15, 0.2) is 35.7 Å². The summed E-state index contributed by atoms with van der Waals surface area (Å²) in [5, 5.41) is 2.15. The molecule has 1 aromatic carbocycles. The van der Waals surface area contributed by atoms with Crippen molar-refractivity contribution < 1.29 is 0 Å². The van der Waals surface area contributed by atoms with Crippen LogP contribution in [0.2, 0.25) is 0 Å². The highest BCUT2D eigenvalue weighted by Crippen LogP contribution is 2.31. The van der Waals surface area contributed by atoms with E-state index < -0.39 is 0 Å². The van der Waals surface area contributed by atoms with Gasteiger partial charge in [0.15, 0.2) is 0 Å². The molecule has 2 nitrogen and oxygen atoms in total. The second-order valence-electron chi connectivity index (χ2n) is 5.42. The Morgan fingerprint density at radius 1 is 1.26 bits per heavy atom. The fraction of sp³-hybridized carbons (Fsp3) is 0.375. The van der Waals surface area contributed by atoms with Crippen molar-refractivity contribution in [1.82, 2.24) is 4.90 Å². The smallest absolute Gasteiger partial charge is 0.0359 e. The van der Waals surface area contributed by atoms with E-state index in [0.29, 0.717) is 0 Å². The summed E-state index contributed by atoms with van der Waals surface area (Å²) in [6.45, 7) is 4.15. The fourth-order valence-corrected chi connectivity index (χ4v) is 3.18. The third kappa shape index (κ3) is 3.17. The van der Waals surface area contributed by atoms with E-state index in [1.54, 1.807) is 0 Å². The first-order chi connectivity index (χ1) is 9.22. The van der Waals surface area contributed by atoms with E-state index in [1.165, 1.54) is 28.8 Å². The van der Waals surface area contributed by atoms with Crippen molar-refractivity contribution in [1.29, 1.82) is 0 Å². The van der Waals surface area contributed by atoms with E-state index in [4.69, 9.17) is 5.73 Å². The molecule has 0 spiro atoms. The Labute approximate surface area is 118 Å². The summed E-state index contributed by atoms with van der Waals surface area (Å²) in [5.74, 6) is 0. The van der Waals surface area contributed by atoms with Crippen molar-refractivity contribution >= 4 is 17.0 Å². The van der Waals surface area contributed by atoms with Crippen molar-refractivity contribution in [2.75, 3.05) is 5.73 Å². The Morgan fingerprint density at radius 2 is 2.11 bits per heavy atom. The lowest BCUT2D eigenvalue weighted by Gasteiger charge is -2.22. The van der Waals surface area contributed by atoms with Crippen LogP contribution in [0.5, 0.6) is 0 Å². The minimum absolute atomic E-state index is 0.752. The second-order valence-corrected chi connectivity index (χ2v) is 6.45. The minimum atomic E-state index is 0.752. The molecule has 3 heteroatoms.